The van der Waals surface area contributed by atoms with Crippen LogP contribution in [-0.4, -0.2) is 93.6 Å². The molecule has 4 aromatic carbocycles. The zero-order chi connectivity index (χ0) is 42.1. The number of rotatable bonds is 20. The van der Waals surface area contributed by atoms with E-state index in [0.717, 1.165) is 22.3 Å². The molecule has 2 heterocycles. The minimum absolute atomic E-state index is 0.00197. The van der Waals surface area contributed by atoms with Gasteiger partial charge in [-0.05, 0) is 27.8 Å². The molecule has 6 rings (SSSR count). The van der Waals surface area contributed by atoms with E-state index in [0.29, 0.717) is 0 Å². The van der Waals surface area contributed by atoms with Crippen molar-refractivity contribution in [3.63, 3.8) is 0 Å². The van der Waals surface area contributed by atoms with Crippen LogP contribution >= 0.6 is 0 Å². The zero-order valence-electron chi connectivity index (χ0n) is 33.8. The largest absolute Gasteiger partial charge is 0.463 e. The third kappa shape index (κ3) is 12.7. The first-order chi connectivity index (χ1) is 29.3. The topological polar surface area (TPSA) is 175 Å². The maximum absolute atomic E-state index is 12.7. The Bertz CT molecular complexity index is 1940. The summed E-state index contributed by atoms with van der Waals surface area (Å²) in [7, 11) is 1.52. The summed E-state index contributed by atoms with van der Waals surface area (Å²) in [5.41, 5.74) is 13.5. The summed E-state index contributed by atoms with van der Waals surface area (Å²) in [6, 6.07) is 36.9. The van der Waals surface area contributed by atoms with E-state index in [1.165, 1.54) is 21.0 Å². The van der Waals surface area contributed by atoms with Gasteiger partial charge in [0, 0.05) is 25.9 Å². The maximum atomic E-state index is 12.7. The van der Waals surface area contributed by atoms with E-state index in [-0.39, 0.29) is 39.6 Å². The van der Waals surface area contributed by atoms with Gasteiger partial charge in [0.2, 0.25) is 0 Å². The van der Waals surface area contributed by atoms with Gasteiger partial charge in [-0.1, -0.05) is 126 Å². The second-order valence-electron chi connectivity index (χ2n) is 14.3. The number of azide groups is 1. The second kappa shape index (κ2) is 23.0. The van der Waals surface area contributed by atoms with Crippen LogP contribution in [0.1, 0.15) is 36.1 Å². The number of methoxy groups -OCH3 is 1. The zero-order valence-corrected chi connectivity index (χ0v) is 33.8. The van der Waals surface area contributed by atoms with Gasteiger partial charge in [0.25, 0.3) is 0 Å². The van der Waals surface area contributed by atoms with Crippen molar-refractivity contribution in [1.82, 2.24) is 0 Å². The Hall–Kier alpha value is -5.19. The predicted octanol–water partition coefficient (Wildman–Crippen LogP) is 6.61. The molecule has 60 heavy (non-hydrogen) atoms. The molecule has 0 bridgehead atoms. The number of carbonyl (C=O) groups is 2. The van der Waals surface area contributed by atoms with E-state index < -0.39 is 73.3 Å². The predicted molar refractivity (Wildman–Crippen MR) is 215 cm³/mol. The number of ether oxygens (including phenoxy) is 10. The molecule has 0 aromatic heterocycles. The van der Waals surface area contributed by atoms with Crippen LogP contribution in [0.4, 0.5) is 0 Å². The Kier molecular flexibility index (Phi) is 17.0. The van der Waals surface area contributed by atoms with Crippen molar-refractivity contribution < 1.29 is 57.0 Å². The summed E-state index contributed by atoms with van der Waals surface area (Å²) >= 11 is 0. The second-order valence-corrected chi connectivity index (χ2v) is 14.3. The van der Waals surface area contributed by atoms with Gasteiger partial charge in [-0.15, -0.1) is 0 Å². The van der Waals surface area contributed by atoms with Gasteiger partial charge in [-0.2, -0.15) is 0 Å². The summed E-state index contributed by atoms with van der Waals surface area (Å²) in [6.45, 7) is 2.86. The van der Waals surface area contributed by atoms with Gasteiger partial charge in [0.05, 0.1) is 33.0 Å². The highest BCUT2D eigenvalue weighted by atomic mass is 16.8. The molecule has 0 spiro atoms. The van der Waals surface area contributed by atoms with E-state index in [9.17, 15) is 15.1 Å². The Morgan fingerprint density at radius 3 is 1.53 bits per heavy atom. The lowest BCUT2D eigenvalue weighted by atomic mass is 9.95. The number of hydrogen-bond donors (Lipinski definition) is 0. The number of hydrogen-bond acceptors (Lipinski definition) is 13. The quantitative estimate of drug-likeness (QED) is 0.0404. The Morgan fingerprint density at radius 1 is 0.583 bits per heavy atom. The molecule has 0 aliphatic carbocycles. The van der Waals surface area contributed by atoms with E-state index in [4.69, 9.17) is 47.4 Å². The van der Waals surface area contributed by atoms with E-state index in [2.05, 4.69) is 10.0 Å². The lowest BCUT2D eigenvalue weighted by Gasteiger charge is -2.49. The maximum Gasteiger partial charge on any atom is 0.303 e. The van der Waals surface area contributed by atoms with Gasteiger partial charge >= 0.3 is 11.9 Å². The highest BCUT2D eigenvalue weighted by Crippen LogP contribution is 2.36. The minimum Gasteiger partial charge on any atom is -0.463 e. The van der Waals surface area contributed by atoms with Crippen molar-refractivity contribution in [1.29, 1.82) is 0 Å². The summed E-state index contributed by atoms with van der Waals surface area (Å²) in [6.07, 6.45) is -9.47. The summed E-state index contributed by atoms with van der Waals surface area (Å²) in [5, 5.41) is 4.07. The Balaban J connectivity index is 1.37. The van der Waals surface area contributed by atoms with Crippen LogP contribution in [0.15, 0.2) is 126 Å². The summed E-state index contributed by atoms with van der Waals surface area (Å²) < 4.78 is 63.2. The van der Waals surface area contributed by atoms with Gasteiger partial charge in [0.15, 0.2) is 12.6 Å². The molecule has 4 aromatic rings. The first kappa shape index (κ1) is 44.4. The van der Waals surface area contributed by atoms with Crippen molar-refractivity contribution in [2.24, 2.45) is 5.11 Å². The molecule has 0 N–H and O–H groups in total. The first-order valence-electron chi connectivity index (χ1n) is 19.7. The molecule has 0 unspecified atom stereocenters. The molecule has 0 amide bonds. The summed E-state index contributed by atoms with van der Waals surface area (Å²) in [4.78, 5) is 28.0. The average molecular weight is 826 g/mol. The molecule has 318 valence electrons. The highest BCUT2D eigenvalue weighted by Gasteiger charge is 2.54. The molecule has 2 aliphatic rings. The van der Waals surface area contributed by atoms with Crippen LogP contribution in [-0.2, 0) is 83.4 Å². The van der Waals surface area contributed by atoms with Crippen molar-refractivity contribution in [3.8, 4) is 0 Å². The van der Waals surface area contributed by atoms with Crippen molar-refractivity contribution in [2.75, 3.05) is 20.3 Å². The third-order valence-corrected chi connectivity index (χ3v) is 9.92. The van der Waals surface area contributed by atoms with Gasteiger partial charge in [-0.3, -0.25) is 9.59 Å². The van der Waals surface area contributed by atoms with Crippen molar-refractivity contribution >= 4 is 11.9 Å². The highest BCUT2D eigenvalue weighted by molar-refractivity contribution is 5.66. The Labute approximate surface area is 349 Å². The molecule has 15 heteroatoms. The summed E-state index contributed by atoms with van der Waals surface area (Å²) in [5.74, 6) is -1.25. The molecule has 2 fully saturated rings. The SMILES string of the molecule is CO[C@H]1O[C@H](COCc2ccccc2)[C@@H](O[C@H]2O[C@H](COC(C)=O)[C@@H](OCc3ccccc3)[C@H](OC(C)=O)[C@H]2N=[N+]=[N-])[C@H](OCc2ccccc2)[C@H]1OCc1ccccc1. The molecule has 10 atom stereocenters. The number of esters is 2. The molecule has 15 nitrogen and oxygen atoms in total. The van der Waals surface area contributed by atoms with E-state index >= 15 is 0 Å². The molecular formula is C45H51N3O12. The molecular weight excluding hydrogens is 775 g/mol. The fourth-order valence-corrected chi connectivity index (χ4v) is 7.10. The fourth-order valence-electron chi connectivity index (χ4n) is 7.10. The number of carbonyl (C=O) groups excluding carboxylic acids is 2. The van der Waals surface area contributed by atoms with Crippen LogP contribution < -0.4 is 0 Å². The fraction of sp³-hybridized carbons (Fsp3) is 0.422. The number of benzene rings is 4. The smallest absolute Gasteiger partial charge is 0.303 e. The standard InChI is InChI=1S/C45H51N3O12/c1-30(49)53-29-37-39(54-25-33-18-10-5-11-19-33)41(57-31(2)50)38(47-48-46)44(58-37)60-40-36(28-52-24-32-16-8-4-9-17-32)59-45(51-3)43(56-27-35-22-14-7-15-23-35)42(40)55-26-34-20-12-6-13-21-34/h4-23,36-45H,24-29H2,1-3H3/t36-,37-,38-,39-,40-,41-,42+,43-,44-,45+/m1/s1. The van der Waals surface area contributed by atoms with Crippen LogP contribution in [0, 0.1) is 0 Å². The van der Waals surface area contributed by atoms with Crippen LogP contribution in [0.25, 0.3) is 10.4 Å². The van der Waals surface area contributed by atoms with Gasteiger partial charge in [-0.25, -0.2) is 0 Å². The molecule has 0 radical (unpaired) electrons. The first-order valence-corrected chi connectivity index (χ1v) is 19.7. The van der Waals surface area contributed by atoms with E-state index in [1.54, 1.807) is 0 Å². The van der Waals surface area contributed by atoms with Crippen molar-refractivity contribution in [3.05, 3.63) is 154 Å². The van der Waals surface area contributed by atoms with Crippen molar-refractivity contribution in [2.45, 2.75) is 102 Å². The van der Waals surface area contributed by atoms with Gasteiger partial charge in [0.1, 0.15) is 55.4 Å². The van der Waals surface area contributed by atoms with Crippen LogP contribution in [0.2, 0.25) is 0 Å². The molecule has 2 saturated heterocycles. The Morgan fingerprint density at radius 2 is 1.05 bits per heavy atom. The van der Waals surface area contributed by atoms with Crippen LogP contribution in [0.3, 0.4) is 0 Å². The average Bonchev–Trinajstić information content (AvgIpc) is 3.26. The van der Waals surface area contributed by atoms with Gasteiger partial charge < -0.3 is 47.4 Å². The van der Waals surface area contributed by atoms with Crippen LogP contribution in [0.5, 0.6) is 0 Å². The molecule has 2 aliphatic heterocycles. The normalized spacial score (nSPS) is 26.4. The van der Waals surface area contributed by atoms with E-state index in [1.807, 2.05) is 121 Å². The minimum atomic E-state index is -1.43. The lowest BCUT2D eigenvalue weighted by molar-refractivity contribution is -0.356. The number of nitrogens with zero attached hydrogens (tertiary/aromatic N) is 3. The molecule has 0 saturated carbocycles. The monoisotopic (exact) mass is 825 g/mol. The third-order valence-electron chi connectivity index (χ3n) is 9.92. The lowest BCUT2D eigenvalue weighted by Crippen LogP contribution is -2.66.